The van der Waals surface area contributed by atoms with E-state index in [1.165, 1.54) is 0 Å². The third-order valence-corrected chi connectivity index (χ3v) is 2.47. The van der Waals surface area contributed by atoms with Crippen molar-refractivity contribution in [2.45, 2.75) is 39.5 Å². The van der Waals surface area contributed by atoms with Crippen molar-refractivity contribution < 1.29 is 25.2 Å². The smallest absolute Gasteiger partial charge is 0.306 e. The molecule has 0 aromatic carbocycles. The first-order valence-electron chi connectivity index (χ1n) is 6.08. The number of aliphatic hydroxyl groups excluding tert-OH is 3. The molecule has 0 amide bonds. The van der Waals surface area contributed by atoms with Gasteiger partial charge in [0.05, 0.1) is 5.92 Å². The lowest BCUT2D eigenvalue weighted by atomic mass is 10.1. The zero-order chi connectivity index (χ0) is 13.7. The van der Waals surface area contributed by atoms with Crippen molar-refractivity contribution in [1.29, 1.82) is 0 Å². The van der Waals surface area contributed by atoms with Gasteiger partial charge in [-0.25, -0.2) is 0 Å². The Bertz CT molecular complexity index is 168. The van der Waals surface area contributed by atoms with Crippen molar-refractivity contribution >= 4 is 5.97 Å². The lowest BCUT2D eigenvalue weighted by Crippen LogP contribution is -2.12. The third-order valence-electron chi connectivity index (χ3n) is 2.47. The fourth-order valence-electron chi connectivity index (χ4n) is 1.06. The fraction of sp³-hybridized carbons (Fsp3) is 0.917. The summed E-state index contributed by atoms with van der Waals surface area (Å²) in [5.74, 6) is -0.978. The number of aliphatic carboxylic acids is 1. The van der Waals surface area contributed by atoms with Crippen LogP contribution in [0.5, 0.6) is 0 Å². The maximum Gasteiger partial charge on any atom is 0.306 e. The Labute approximate surface area is 103 Å². The van der Waals surface area contributed by atoms with Crippen LogP contribution in [-0.2, 0) is 4.79 Å². The third kappa shape index (κ3) is 13.3. The highest BCUT2D eigenvalue weighted by Gasteiger charge is 2.08. The van der Waals surface area contributed by atoms with E-state index in [1.54, 1.807) is 6.92 Å². The molecule has 0 fully saturated rings. The van der Waals surface area contributed by atoms with E-state index in [-0.39, 0.29) is 31.7 Å². The quantitative estimate of drug-likeness (QED) is 0.512. The largest absolute Gasteiger partial charge is 0.481 e. The highest BCUT2D eigenvalue weighted by atomic mass is 16.4. The molecule has 5 nitrogen and oxygen atoms in total. The predicted molar refractivity (Wildman–Crippen MR) is 65.7 cm³/mol. The van der Waals surface area contributed by atoms with Crippen molar-refractivity contribution in [3.05, 3.63) is 0 Å². The summed E-state index contributed by atoms with van der Waals surface area (Å²) in [4.78, 5) is 10.2. The fourth-order valence-corrected chi connectivity index (χ4v) is 1.06. The molecular formula is C12H26O5. The minimum atomic E-state index is -0.677. The number of carboxylic acids is 1. The van der Waals surface area contributed by atoms with Crippen LogP contribution in [0.3, 0.4) is 0 Å². The molecule has 0 bridgehead atoms. The minimum Gasteiger partial charge on any atom is -0.481 e. The number of carbonyl (C=O) groups is 1. The van der Waals surface area contributed by atoms with Gasteiger partial charge < -0.3 is 20.4 Å². The average Bonchev–Trinajstić information content (AvgIpc) is 2.33. The summed E-state index contributed by atoms with van der Waals surface area (Å²) < 4.78 is 0. The van der Waals surface area contributed by atoms with Crippen molar-refractivity contribution in [1.82, 2.24) is 0 Å². The summed E-state index contributed by atoms with van der Waals surface area (Å²) in [5, 5.41) is 33.5. The van der Waals surface area contributed by atoms with E-state index in [9.17, 15) is 4.79 Å². The summed E-state index contributed by atoms with van der Waals surface area (Å²) in [6.45, 7) is 3.76. The van der Waals surface area contributed by atoms with Gasteiger partial charge in [-0.3, -0.25) is 4.79 Å². The van der Waals surface area contributed by atoms with E-state index in [4.69, 9.17) is 20.4 Å². The van der Waals surface area contributed by atoms with E-state index in [1.807, 2.05) is 0 Å². The molecule has 0 aliphatic heterocycles. The maximum atomic E-state index is 10.2. The molecule has 104 valence electrons. The van der Waals surface area contributed by atoms with Gasteiger partial charge >= 0.3 is 5.97 Å². The van der Waals surface area contributed by atoms with E-state index < -0.39 is 5.97 Å². The molecule has 1 unspecified atom stereocenters. The van der Waals surface area contributed by atoms with Crippen LogP contribution in [0, 0.1) is 11.8 Å². The van der Waals surface area contributed by atoms with Gasteiger partial charge in [-0.1, -0.05) is 26.7 Å². The van der Waals surface area contributed by atoms with Crippen LogP contribution in [0.2, 0.25) is 0 Å². The second-order valence-electron chi connectivity index (χ2n) is 4.12. The minimum absolute atomic E-state index is 0.0335. The Morgan fingerprint density at radius 3 is 1.88 bits per heavy atom. The van der Waals surface area contributed by atoms with Gasteiger partial charge in [0.1, 0.15) is 0 Å². The normalized spacial score (nSPS) is 11.9. The lowest BCUT2D eigenvalue weighted by Gasteiger charge is -2.06. The molecule has 1 atom stereocenters. The topological polar surface area (TPSA) is 98.0 Å². The van der Waals surface area contributed by atoms with Crippen LogP contribution in [0.4, 0.5) is 0 Å². The summed E-state index contributed by atoms with van der Waals surface area (Å²) in [6.07, 6.45) is 3.39. The summed E-state index contributed by atoms with van der Waals surface area (Å²) in [6, 6.07) is 0. The molecule has 4 N–H and O–H groups in total. The summed E-state index contributed by atoms with van der Waals surface area (Å²) >= 11 is 0. The van der Waals surface area contributed by atoms with E-state index in [0.717, 1.165) is 19.3 Å². The highest BCUT2D eigenvalue weighted by molar-refractivity contribution is 5.69. The van der Waals surface area contributed by atoms with Gasteiger partial charge in [0.25, 0.3) is 0 Å². The van der Waals surface area contributed by atoms with Gasteiger partial charge in [0.2, 0.25) is 0 Å². The monoisotopic (exact) mass is 250 g/mol. The van der Waals surface area contributed by atoms with Crippen LogP contribution in [-0.4, -0.2) is 46.2 Å². The van der Waals surface area contributed by atoms with E-state index >= 15 is 0 Å². The van der Waals surface area contributed by atoms with Crippen molar-refractivity contribution in [3.8, 4) is 0 Å². The molecule has 17 heavy (non-hydrogen) atoms. The molecular weight excluding hydrogens is 224 g/mol. The molecule has 5 heteroatoms. The van der Waals surface area contributed by atoms with Crippen molar-refractivity contribution in [2.24, 2.45) is 11.8 Å². The number of rotatable bonds is 8. The van der Waals surface area contributed by atoms with Gasteiger partial charge in [-0.2, -0.15) is 0 Å². The first kappa shape index (κ1) is 18.7. The van der Waals surface area contributed by atoms with Crippen LogP contribution in [0.25, 0.3) is 0 Å². The van der Waals surface area contributed by atoms with Gasteiger partial charge in [-0.05, 0) is 12.8 Å². The lowest BCUT2D eigenvalue weighted by molar-refractivity contribution is -0.141. The van der Waals surface area contributed by atoms with E-state index in [2.05, 4.69) is 6.92 Å². The molecule has 0 spiro atoms. The zero-order valence-electron chi connectivity index (χ0n) is 10.8. The van der Waals surface area contributed by atoms with Crippen LogP contribution >= 0.6 is 0 Å². The Hall–Kier alpha value is -0.650. The van der Waals surface area contributed by atoms with Gasteiger partial charge in [0, 0.05) is 25.7 Å². The number of hydrogen-bond donors (Lipinski definition) is 4. The molecule has 0 aliphatic rings. The standard InChI is InChI=1S/C7H14O2.C5H12O3/c1-3-4-5-6(2)7(8)9;6-2-1-5(3-7)4-8/h6H,3-5H2,1-2H3,(H,8,9);5-8H,1-4H2. The molecule has 0 aromatic heterocycles. The highest BCUT2D eigenvalue weighted by Crippen LogP contribution is 2.06. The first-order chi connectivity index (χ1) is 8.03. The molecule has 0 saturated carbocycles. The Kier molecular flexibility index (Phi) is 14.8. The maximum absolute atomic E-state index is 10.2. The second-order valence-corrected chi connectivity index (χ2v) is 4.12. The van der Waals surface area contributed by atoms with E-state index in [0.29, 0.717) is 6.42 Å². The summed E-state index contributed by atoms with van der Waals surface area (Å²) in [7, 11) is 0. The van der Waals surface area contributed by atoms with Crippen LogP contribution < -0.4 is 0 Å². The SMILES string of the molecule is CCCCC(C)C(=O)O.OCCC(CO)CO. The van der Waals surface area contributed by atoms with Crippen LogP contribution in [0.1, 0.15) is 39.5 Å². The molecule has 0 aromatic rings. The first-order valence-corrected chi connectivity index (χ1v) is 6.08. The molecule has 0 aliphatic carbocycles. The molecule has 0 saturated heterocycles. The van der Waals surface area contributed by atoms with Crippen molar-refractivity contribution in [2.75, 3.05) is 19.8 Å². The Morgan fingerprint density at radius 2 is 1.65 bits per heavy atom. The van der Waals surface area contributed by atoms with Crippen molar-refractivity contribution in [3.63, 3.8) is 0 Å². The zero-order valence-corrected chi connectivity index (χ0v) is 10.8. The van der Waals surface area contributed by atoms with Gasteiger partial charge in [-0.15, -0.1) is 0 Å². The number of unbranched alkanes of at least 4 members (excludes halogenated alkanes) is 1. The second kappa shape index (κ2) is 13.4. The van der Waals surface area contributed by atoms with Gasteiger partial charge in [0.15, 0.2) is 0 Å². The molecule has 0 radical (unpaired) electrons. The Morgan fingerprint density at radius 1 is 1.12 bits per heavy atom. The molecule has 0 heterocycles. The average molecular weight is 250 g/mol. The number of carboxylic acid groups (broad SMARTS) is 1. The number of hydrogen-bond acceptors (Lipinski definition) is 4. The number of aliphatic hydroxyl groups is 3. The Balaban J connectivity index is 0. The summed E-state index contributed by atoms with van der Waals surface area (Å²) in [5.41, 5.74) is 0. The van der Waals surface area contributed by atoms with Crippen LogP contribution in [0.15, 0.2) is 0 Å². The predicted octanol–water partition coefficient (Wildman–Crippen LogP) is 0.867. The molecule has 0 rings (SSSR count).